The fraction of sp³-hybridized carbons (Fsp3) is 0.0588. The van der Waals surface area contributed by atoms with E-state index in [0.717, 1.165) is 26.6 Å². The van der Waals surface area contributed by atoms with E-state index in [-0.39, 0.29) is 15.7 Å². The van der Waals surface area contributed by atoms with Crippen molar-refractivity contribution in [3.63, 3.8) is 0 Å². The predicted octanol–water partition coefficient (Wildman–Crippen LogP) is 4.58. The zero-order valence-corrected chi connectivity index (χ0v) is 17.4. The Kier molecular flexibility index (Phi) is 4.76. The minimum absolute atomic E-state index is 0.107. The van der Waals surface area contributed by atoms with Gasteiger partial charge in [-0.25, -0.2) is 23.2 Å². The van der Waals surface area contributed by atoms with Gasteiger partial charge in [0.05, 0.1) is 20.8 Å². The van der Waals surface area contributed by atoms with Crippen LogP contribution in [0.2, 0.25) is 0 Å². The number of hydrogen-bond acceptors (Lipinski definition) is 5. The molecule has 0 unspecified atom stereocenters. The van der Waals surface area contributed by atoms with Crippen LogP contribution in [0, 0.1) is 0 Å². The maximum absolute atomic E-state index is 13.3. The van der Waals surface area contributed by atoms with Crippen molar-refractivity contribution in [1.29, 1.82) is 0 Å². The van der Waals surface area contributed by atoms with E-state index in [0.29, 0.717) is 15.8 Å². The van der Waals surface area contributed by atoms with Gasteiger partial charge in [-0.05, 0) is 36.4 Å². The van der Waals surface area contributed by atoms with Gasteiger partial charge in [-0.1, -0.05) is 39.4 Å². The van der Waals surface area contributed by atoms with E-state index in [9.17, 15) is 21.6 Å². The van der Waals surface area contributed by atoms with E-state index in [1.807, 2.05) is 0 Å². The molecule has 150 valence electrons. The molecule has 0 saturated carbocycles. The number of rotatable bonds is 3. The first-order chi connectivity index (χ1) is 13.5. The lowest BCUT2D eigenvalue weighted by molar-refractivity contribution is -0.141. The van der Waals surface area contributed by atoms with Crippen LogP contribution in [0.3, 0.4) is 0 Å². The smallest absolute Gasteiger partial charge is 0.225 e. The van der Waals surface area contributed by atoms with Crippen molar-refractivity contribution in [3.8, 4) is 16.4 Å². The van der Waals surface area contributed by atoms with E-state index in [2.05, 4.69) is 26.0 Å². The number of aromatic nitrogens is 3. The Morgan fingerprint density at radius 3 is 2.38 bits per heavy atom. The maximum atomic E-state index is 13.3. The van der Waals surface area contributed by atoms with Crippen LogP contribution in [0.25, 0.3) is 26.6 Å². The highest BCUT2D eigenvalue weighted by Gasteiger charge is 2.35. The number of halogens is 4. The Morgan fingerprint density at radius 2 is 1.76 bits per heavy atom. The molecule has 0 atom stereocenters. The van der Waals surface area contributed by atoms with Gasteiger partial charge in [-0.15, -0.1) is 0 Å². The van der Waals surface area contributed by atoms with Crippen molar-refractivity contribution in [2.24, 2.45) is 5.14 Å². The minimum atomic E-state index is -4.63. The van der Waals surface area contributed by atoms with Gasteiger partial charge in [0.2, 0.25) is 15.2 Å². The second-order valence-corrected chi connectivity index (χ2v) is 9.49. The summed E-state index contributed by atoms with van der Waals surface area (Å²) >= 11 is 4.30. The van der Waals surface area contributed by atoms with Crippen LogP contribution in [-0.2, 0) is 16.2 Å². The molecule has 0 aliphatic heterocycles. The molecule has 29 heavy (non-hydrogen) atoms. The number of nitrogens with zero attached hydrogens (tertiary/aromatic N) is 3. The molecule has 0 aliphatic rings. The fourth-order valence-corrected chi connectivity index (χ4v) is 4.50. The number of fused-ring (bicyclic) bond motifs is 1. The Morgan fingerprint density at radius 1 is 1.07 bits per heavy atom. The summed E-state index contributed by atoms with van der Waals surface area (Å²) in [6, 6.07) is 11.7. The SMILES string of the molecule is NS(=O)(=O)c1ccc2nc(-n3nc(C(F)(F)F)cc3-c3ccc(Br)cc3)sc2c1. The number of hydrogen-bond donors (Lipinski definition) is 1. The Bertz CT molecular complexity index is 1330. The van der Waals surface area contributed by atoms with Crippen molar-refractivity contribution >= 4 is 47.5 Å². The van der Waals surface area contributed by atoms with Gasteiger partial charge < -0.3 is 0 Å². The van der Waals surface area contributed by atoms with Crippen LogP contribution < -0.4 is 5.14 Å². The third kappa shape index (κ3) is 3.92. The third-order valence-corrected chi connectivity index (χ3v) is 6.43. The molecule has 0 radical (unpaired) electrons. The summed E-state index contributed by atoms with van der Waals surface area (Å²) in [6.07, 6.45) is -4.63. The van der Waals surface area contributed by atoms with Gasteiger partial charge in [0.25, 0.3) is 0 Å². The molecule has 0 fully saturated rings. The molecular formula is C17H10BrF3N4O2S2. The topological polar surface area (TPSA) is 90.9 Å². The van der Waals surface area contributed by atoms with Crippen molar-refractivity contribution < 1.29 is 21.6 Å². The molecular weight excluding hydrogens is 493 g/mol. The molecule has 2 aromatic heterocycles. The molecule has 4 rings (SSSR count). The normalized spacial score (nSPS) is 12.6. The number of alkyl halides is 3. The average molecular weight is 503 g/mol. The standard InChI is InChI=1S/C17H10BrF3N4O2S2/c18-10-3-1-9(2-4-10)13-8-15(17(19,20)21)24-25(13)16-23-12-6-5-11(29(22,26)27)7-14(12)28-16/h1-8H,(H2,22,26,27). The van der Waals surface area contributed by atoms with Crippen molar-refractivity contribution in [3.05, 3.63) is 58.7 Å². The van der Waals surface area contributed by atoms with Gasteiger partial charge in [0.15, 0.2) is 5.69 Å². The molecule has 0 spiro atoms. The van der Waals surface area contributed by atoms with Crippen molar-refractivity contribution in [1.82, 2.24) is 14.8 Å². The highest BCUT2D eigenvalue weighted by atomic mass is 79.9. The lowest BCUT2D eigenvalue weighted by Gasteiger charge is -2.04. The summed E-state index contributed by atoms with van der Waals surface area (Å²) < 4.78 is 65.3. The first-order valence-electron chi connectivity index (χ1n) is 7.89. The van der Waals surface area contributed by atoms with Gasteiger partial charge in [-0.2, -0.15) is 18.3 Å². The average Bonchev–Trinajstić information content (AvgIpc) is 3.24. The molecule has 2 aromatic carbocycles. The van der Waals surface area contributed by atoms with E-state index < -0.39 is 21.9 Å². The number of sulfonamides is 1. The maximum Gasteiger partial charge on any atom is 0.435 e. The molecule has 12 heteroatoms. The summed E-state index contributed by atoms with van der Waals surface area (Å²) in [7, 11) is -3.92. The van der Waals surface area contributed by atoms with Gasteiger partial charge >= 0.3 is 6.18 Å². The predicted molar refractivity (Wildman–Crippen MR) is 106 cm³/mol. The molecule has 0 saturated heterocycles. The number of benzene rings is 2. The Labute approximate surface area is 175 Å². The zero-order chi connectivity index (χ0) is 21.0. The summed E-state index contributed by atoms with van der Waals surface area (Å²) in [6.45, 7) is 0. The van der Waals surface area contributed by atoms with Crippen LogP contribution in [0.5, 0.6) is 0 Å². The number of thiazole rings is 1. The van der Waals surface area contributed by atoms with Gasteiger partial charge in [0, 0.05) is 10.0 Å². The summed E-state index contributed by atoms with van der Waals surface area (Å²) in [4.78, 5) is 4.21. The molecule has 0 amide bonds. The summed E-state index contributed by atoms with van der Waals surface area (Å²) in [5.74, 6) is 0. The largest absolute Gasteiger partial charge is 0.435 e. The Balaban J connectivity index is 1.91. The third-order valence-electron chi connectivity index (χ3n) is 4.00. The second kappa shape index (κ2) is 6.90. The van der Waals surface area contributed by atoms with Crippen LogP contribution in [-0.4, -0.2) is 23.2 Å². The monoisotopic (exact) mass is 502 g/mol. The van der Waals surface area contributed by atoms with Crippen LogP contribution in [0.15, 0.2) is 57.9 Å². The van der Waals surface area contributed by atoms with E-state index in [4.69, 9.17) is 5.14 Å². The lowest BCUT2D eigenvalue weighted by atomic mass is 10.1. The fourth-order valence-electron chi connectivity index (χ4n) is 2.65. The molecule has 0 aliphatic carbocycles. The van der Waals surface area contributed by atoms with Crippen LogP contribution in [0.1, 0.15) is 5.69 Å². The van der Waals surface area contributed by atoms with Gasteiger partial charge in [-0.3, -0.25) is 0 Å². The van der Waals surface area contributed by atoms with Gasteiger partial charge in [0.1, 0.15) is 0 Å². The minimum Gasteiger partial charge on any atom is -0.225 e. The Hall–Kier alpha value is -2.28. The van der Waals surface area contributed by atoms with Crippen molar-refractivity contribution in [2.45, 2.75) is 11.1 Å². The summed E-state index contributed by atoms with van der Waals surface area (Å²) in [5, 5.41) is 9.01. The molecule has 0 bridgehead atoms. The zero-order valence-electron chi connectivity index (χ0n) is 14.2. The lowest BCUT2D eigenvalue weighted by Crippen LogP contribution is -2.11. The van der Waals surface area contributed by atoms with Crippen LogP contribution >= 0.6 is 27.3 Å². The molecule has 6 nitrogen and oxygen atoms in total. The molecule has 2 heterocycles. The van der Waals surface area contributed by atoms with E-state index in [1.54, 1.807) is 24.3 Å². The van der Waals surface area contributed by atoms with E-state index in [1.165, 1.54) is 18.2 Å². The quantitative estimate of drug-likeness (QED) is 0.443. The van der Waals surface area contributed by atoms with Crippen LogP contribution in [0.4, 0.5) is 13.2 Å². The second-order valence-electron chi connectivity index (χ2n) is 6.00. The highest BCUT2D eigenvalue weighted by Crippen LogP contribution is 2.35. The molecule has 4 aromatic rings. The first-order valence-corrected chi connectivity index (χ1v) is 11.0. The summed E-state index contributed by atoms with van der Waals surface area (Å²) in [5.41, 5.74) is 0.0827. The number of nitrogens with two attached hydrogens (primary N) is 1. The number of primary sulfonamides is 1. The van der Waals surface area contributed by atoms with E-state index >= 15 is 0 Å². The first kappa shape index (κ1) is 20.0. The van der Waals surface area contributed by atoms with Crippen molar-refractivity contribution in [2.75, 3.05) is 0 Å². The molecule has 2 N–H and O–H groups in total. The highest BCUT2D eigenvalue weighted by molar-refractivity contribution is 9.10.